The first kappa shape index (κ1) is 29.2. The molecule has 2 aromatic carbocycles. The number of fused-ring (bicyclic) bond motifs is 1. The summed E-state index contributed by atoms with van der Waals surface area (Å²) in [5.41, 5.74) is 2.22. The minimum Gasteiger partial charge on any atom is -0.495 e. The molecule has 0 fully saturated rings. The number of carbonyl (C=O) groups is 1. The zero-order valence-corrected chi connectivity index (χ0v) is 23.5. The van der Waals surface area contributed by atoms with Gasteiger partial charge in [-0.05, 0) is 55.6 Å². The number of hydrogen-bond donors (Lipinski definition) is 2. The van der Waals surface area contributed by atoms with E-state index in [4.69, 9.17) is 9.15 Å². The highest BCUT2D eigenvalue weighted by atomic mass is 16.5. The molecule has 0 aliphatic rings. The fourth-order valence-corrected chi connectivity index (χ4v) is 4.67. The predicted octanol–water partition coefficient (Wildman–Crippen LogP) is 6.87. The second kappa shape index (κ2) is 14.6. The maximum Gasteiger partial charge on any atom is 0.338 e. The summed E-state index contributed by atoms with van der Waals surface area (Å²) in [5.74, 6) is 0.876. The summed E-state index contributed by atoms with van der Waals surface area (Å²) in [6, 6.07) is 14.2. The number of methoxy groups -OCH3 is 1. The number of benzene rings is 2. The van der Waals surface area contributed by atoms with E-state index in [1.807, 2.05) is 48.3 Å². The molecule has 3 aromatic rings. The Morgan fingerprint density at radius 3 is 2.50 bits per heavy atom. The molecule has 2 N–H and O–H groups in total. The van der Waals surface area contributed by atoms with Crippen molar-refractivity contribution in [3.05, 3.63) is 59.0 Å². The number of unbranched alkanes of at least 4 members (excludes halogenated alkanes) is 5. The zero-order valence-electron chi connectivity index (χ0n) is 23.5. The normalized spacial score (nSPS) is 12.1. The number of amides is 1. The Hall–Kier alpha value is -3.32. The van der Waals surface area contributed by atoms with Crippen LogP contribution in [0.5, 0.6) is 5.75 Å². The van der Waals surface area contributed by atoms with Gasteiger partial charge in [0.2, 0.25) is 5.91 Å². The van der Waals surface area contributed by atoms with Crippen LogP contribution in [-0.4, -0.2) is 32.7 Å². The number of para-hydroxylation sites is 1. The van der Waals surface area contributed by atoms with Gasteiger partial charge in [0.05, 0.1) is 24.5 Å². The molecule has 0 saturated heterocycles. The first-order chi connectivity index (χ1) is 18.3. The molecule has 206 valence electrons. The third kappa shape index (κ3) is 8.09. The molecular weight excluding hydrogens is 478 g/mol. The van der Waals surface area contributed by atoms with Gasteiger partial charge >= 0.3 is 5.63 Å². The Bertz CT molecular complexity index is 1240. The van der Waals surface area contributed by atoms with E-state index in [0.717, 1.165) is 36.1 Å². The van der Waals surface area contributed by atoms with Crippen LogP contribution in [0.2, 0.25) is 0 Å². The second-order valence-corrected chi connectivity index (χ2v) is 10.3. The molecule has 0 radical (unpaired) electrons. The Morgan fingerprint density at radius 2 is 1.76 bits per heavy atom. The van der Waals surface area contributed by atoms with Gasteiger partial charge in [-0.25, -0.2) is 4.79 Å². The minimum atomic E-state index is -0.416. The monoisotopic (exact) mass is 521 g/mol. The lowest BCUT2D eigenvalue weighted by atomic mass is 10.0. The molecule has 38 heavy (non-hydrogen) atoms. The van der Waals surface area contributed by atoms with Gasteiger partial charge in [-0.3, -0.25) is 4.79 Å². The molecule has 0 spiro atoms. The smallest absolute Gasteiger partial charge is 0.338 e. The van der Waals surface area contributed by atoms with E-state index < -0.39 is 5.63 Å². The summed E-state index contributed by atoms with van der Waals surface area (Å²) in [6.07, 6.45) is 8.04. The van der Waals surface area contributed by atoms with E-state index in [1.54, 1.807) is 13.2 Å². The van der Waals surface area contributed by atoms with Crippen molar-refractivity contribution in [3.63, 3.8) is 0 Å². The number of hydrogen-bond acceptors (Lipinski definition) is 6. The van der Waals surface area contributed by atoms with Crippen molar-refractivity contribution < 1.29 is 13.9 Å². The van der Waals surface area contributed by atoms with Gasteiger partial charge in [0, 0.05) is 24.2 Å². The molecule has 0 saturated carbocycles. The topological polar surface area (TPSA) is 83.8 Å². The average Bonchev–Trinajstić information content (AvgIpc) is 2.90. The first-order valence-electron chi connectivity index (χ1n) is 13.8. The summed E-state index contributed by atoms with van der Waals surface area (Å²) in [5, 5.41) is 7.40. The molecule has 7 nitrogen and oxygen atoms in total. The van der Waals surface area contributed by atoms with E-state index in [1.165, 1.54) is 38.2 Å². The highest BCUT2D eigenvalue weighted by Gasteiger charge is 2.21. The Labute approximate surface area is 226 Å². The molecule has 1 atom stereocenters. The molecule has 1 heterocycles. The van der Waals surface area contributed by atoms with Crippen molar-refractivity contribution in [1.82, 2.24) is 5.32 Å². The number of anilines is 3. The van der Waals surface area contributed by atoms with Crippen LogP contribution < -0.4 is 25.9 Å². The predicted molar refractivity (Wildman–Crippen MR) is 157 cm³/mol. The van der Waals surface area contributed by atoms with Gasteiger partial charge in [0.25, 0.3) is 0 Å². The van der Waals surface area contributed by atoms with E-state index in [-0.39, 0.29) is 11.9 Å². The third-order valence-electron chi connectivity index (χ3n) is 6.76. The standard InChI is InChI=1S/C31H43N3O4/c1-6-7-8-9-10-13-18-32-26(19-22(2)3)31(36)33-25-20-23(16-17-29(25)37-5)34(4)27-21-30(35)38-28-15-12-11-14-24(27)28/h11-12,14-17,20-22,26,32H,6-10,13,18-19H2,1-5H3,(H,33,36)/t26-/m0/s1. The fourth-order valence-electron chi connectivity index (χ4n) is 4.67. The number of nitrogens with one attached hydrogen (secondary N) is 2. The van der Waals surface area contributed by atoms with Gasteiger partial charge in [-0.2, -0.15) is 0 Å². The van der Waals surface area contributed by atoms with Crippen LogP contribution in [0.4, 0.5) is 17.1 Å². The third-order valence-corrected chi connectivity index (χ3v) is 6.76. The molecule has 3 rings (SSSR count). The maximum atomic E-state index is 13.4. The molecule has 0 aliphatic heterocycles. The van der Waals surface area contributed by atoms with E-state index in [2.05, 4.69) is 31.4 Å². The minimum absolute atomic E-state index is 0.0754. The van der Waals surface area contributed by atoms with Crippen molar-refractivity contribution in [2.75, 3.05) is 30.9 Å². The number of carbonyl (C=O) groups excluding carboxylic acids is 1. The van der Waals surface area contributed by atoms with Crippen LogP contribution in [0.3, 0.4) is 0 Å². The van der Waals surface area contributed by atoms with Gasteiger partial charge in [-0.15, -0.1) is 0 Å². The highest BCUT2D eigenvalue weighted by molar-refractivity contribution is 5.97. The van der Waals surface area contributed by atoms with E-state index in [0.29, 0.717) is 22.9 Å². The van der Waals surface area contributed by atoms with Gasteiger partial charge in [-0.1, -0.05) is 65.0 Å². The highest BCUT2D eigenvalue weighted by Crippen LogP contribution is 2.35. The Balaban J connectivity index is 1.77. The van der Waals surface area contributed by atoms with Crippen LogP contribution in [0.25, 0.3) is 11.0 Å². The number of ether oxygens (including phenoxy) is 1. The fraction of sp³-hybridized carbons (Fsp3) is 0.484. The summed E-state index contributed by atoms with van der Waals surface area (Å²) in [7, 11) is 3.48. The lowest BCUT2D eigenvalue weighted by molar-refractivity contribution is -0.118. The maximum absolute atomic E-state index is 13.4. The van der Waals surface area contributed by atoms with Crippen molar-refractivity contribution in [3.8, 4) is 5.75 Å². The van der Waals surface area contributed by atoms with Crippen molar-refractivity contribution in [2.24, 2.45) is 5.92 Å². The van der Waals surface area contributed by atoms with E-state index in [9.17, 15) is 9.59 Å². The first-order valence-corrected chi connectivity index (χ1v) is 13.8. The molecule has 1 amide bonds. The van der Waals surface area contributed by atoms with Crippen LogP contribution in [0.1, 0.15) is 65.7 Å². The van der Waals surface area contributed by atoms with Crippen molar-refractivity contribution in [1.29, 1.82) is 0 Å². The van der Waals surface area contributed by atoms with Crippen LogP contribution in [0, 0.1) is 5.92 Å². The quantitative estimate of drug-likeness (QED) is 0.168. The Morgan fingerprint density at radius 1 is 1.03 bits per heavy atom. The summed E-state index contributed by atoms with van der Waals surface area (Å²) in [6.45, 7) is 7.30. The van der Waals surface area contributed by atoms with Gasteiger partial charge in [0.1, 0.15) is 11.3 Å². The van der Waals surface area contributed by atoms with Gasteiger partial charge < -0.3 is 24.7 Å². The molecule has 1 aromatic heterocycles. The second-order valence-electron chi connectivity index (χ2n) is 10.3. The van der Waals surface area contributed by atoms with Crippen molar-refractivity contribution >= 4 is 33.9 Å². The molecule has 0 aliphatic carbocycles. The lowest BCUT2D eigenvalue weighted by Gasteiger charge is -2.24. The zero-order chi connectivity index (χ0) is 27.5. The number of nitrogens with zero attached hydrogens (tertiary/aromatic N) is 1. The van der Waals surface area contributed by atoms with Crippen LogP contribution in [-0.2, 0) is 4.79 Å². The van der Waals surface area contributed by atoms with Crippen LogP contribution in [0.15, 0.2) is 57.7 Å². The average molecular weight is 522 g/mol. The summed E-state index contributed by atoms with van der Waals surface area (Å²) in [4.78, 5) is 27.5. The Kier molecular flexibility index (Phi) is 11.2. The number of rotatable bonds is 15. The van der Waals surface area contributed by atoms with Gasteiger partial charge in [0.15, 0.2) is 0 Å². The molecular formula is C31H43N3O4. The summed E-state index contributed by atoms with van der Waals surface area (Å²) < 4.78 is 10.9. The van der Waals surface area contributed by atoms with Crippen molar-refractivity contribution in [2.45, 2.75) is 71.8 Å². The van der Waals surface area contributed by atoms with Crippen LogP contribution >= 0.6 is 0 Å². The summed E-state index contributed by atoms with van der Waals surface area (Å²) >= 11 is 0. The molecule has 7 heteroatoms. The van der Waals surface area contributed by atoms with E-state index >= 15 is 0 Å². The SMILES string of the molecule is CCCCCCCCN[C@@H](CC(C)C)C(=O)Nc1cc(N(C)c2cc(=O)oc3ccccc23)ccc1OC. The molecule has 0 unspecified atom stereocenters. The largest absolute Gasteiger partial charge is 0.495 e. The lowest BCUT2D eigenvalue weighted by Crippen LogP contribution is -2.42. The molecule has 0 bridgehead atoms.